The molecule has 4 atom stereocenters. The minimum atomic E-state index is -0.594. The number of carbonyl (C=O) groups is 2. The van der Waals surface area contributed by atoms with Gasteiger partial charge < -0.3 is 24.8 Å². The van der Waals surface area contributed by atoms with Gasteiger partial charge in [0.1, 0.15) is 0 Å². The van der Waals surface area contributed by atoms with E-state index in [1.165, 1.54) is 128 Å². The summed E-state index contributed by atoms with van der Waals surface area (Å²) in [5, 5.41) is 30.9. The molecule has 0 aromatic carbocycles. The van der Waals surface area contributed by atoms with Gasteiger partial charge in [0.05, 0.1) is 32.0 Å². The molecule has 0 heterocycles. The molecule has 0 radical (unpaired) electrons. The van der Waals surface area contributed by atoms with E-state index in [9.17, 15) is 24.9 Å². The van der Waals surface area contributed by atoms with Crippen molar-refractivity contribution < 1.29 is 34.4 Å². The number of hydrogen-bond acceptors (Lipinski definition) is 8. The Labute approximate surface area is 334 Å². The van der Waals surface area contributed by atoms with Crippen LogP contribution < -0.4 is 0 Å². The molecule has 0 saturated heterocycles. The molecule has 322 valence electrons. The van der Waals surface area contributed by atoms with Crippen LogP contribution in [0.25, 0.3) is 0 Å². The summed E-state index contributed by atoms with van der Waals surface area (Å²) in [5.41, 5.74) is 0. The summed E-state index contributed by atoms with van der Waals surface area (Å²) in [4.78, 5) is 26.7. The van der Waals surface area contributed by atoms with Crippen LogP contribution in [0.15, 0.2) is 0 Å². The summed E-state index contributed by atoms with van der Waals surface area (Å²) in [5.74, 6) is 1.00. The number of carbonyl (C=O) groups excluding carboxylic acids is 2. The zero-order valence-corrected chi connectivity index (χ0v) is 36.2. The monoisotopic (exact) mass is 770 g/mol. The zero-order valence-electron chi connectivity index (χ0n) is 36.2. The molecular weight excluding hydrogens is 679 g/mol. The average Bonchev–Trinajstić information content (AvgIpc) is 3.14. The molecule has 0 amide bonds. The Hall–Kier alpha value is -1.22. The van der Waals surface area contributed by atoms with E-state index in [0.717, 1.165) is 25.7 Å². The second-order valence-corrected chi connectivity index (χ2v) is 16.4. The lowest BCUT2D eigenvalue weighted by atomic mass is 9.92. The molecule has 0 aliphatic carbocycles. The molecule has 0 rings (SSSR count). The number of nitrogens with zero attached hydrogens (tertiary/aromatic N) is 1. The highest BCUT2D eigenvalue weighted by Crippen LogP contribution is 2.23. The van der Waals surface area contributed by atoms with Crippen molar-refractivity contribution in [2.45, 2.75) is 233 Å². The largest absolute Gasteiger partial charge is 0.466 e. The second kappa shape index (κ2) is 40.0. The van der Waals surface area contributed by atoms with Crippen molar-refractivity contribution in [3.05, 3.63) is 0 Å². The first-order chi connectivity index (χ1) is 26.3. The van der Waals surface area contributed by atoms with E-state index in [0.29, 0.717) is 83.2 Å². The summed E-state index contributed by atoms with van der Waals surface area (Å²) >= 11 is 0. The SMILES string of the molecule is CCCCCCCC(CCCCC)CCOC(=O)CCCCC(O)CN(CCO)CC(O)CCCCC(=O)OCCC(CCCCC)CCCCCCC. The smallest absolute Gasteiger partial charge is 0.305 e. The maximum Gasteiger partial charge on any atom is 0.305 e. The highest BCUT2D eigenvalue weighted by Gasteiger charge is 2.17. The number of aliphatic hydroxyl groups excluding tert-OH is 3. The first kappa shape index (κ1) is 52.8. The van der Waals surface area contributed by atoms with Crippen molar-refractivity contribution in [3.63, 3.8) is 0 Å². The minimum absolute atomic E-state index is 0.0479. The van der Waals surface area contributed by atoms with Crippen molar-refractivity contribution >= 4 is 11.9 Å². The zero-order chi connectivity index (χ0) is 39.9. The maximum atomic E-state index is 12.4. The summed E-state index contributed by atoms with van der Waals surface area (Å²) in [6.45, 7) is 11.1. The molecule has 0 bridgehead atoms. The Balaban J connectivity index is 4.25. The first-order valence-corrected chi connectivity index (χ1v) is 23.3. The van der Waals surface area contributed by atoms with E-state index in [1.54, 1.807) is 0 Å². The number of rotatable bonds is 42. The fourth-order valence-electron chi connectivity index (χ4n) is 7.60. The van der Waals surface area contributed by atoms with Gasteiger partial charge >= 0.3 is 11.9 Å². The predicted octanol–water partition coefficient (Wildman–Crippen LogP) is 11.1. The maximum absolute atomic E-state index is 12.4. The van der Waals surface area contributed by atoms with Crippen LogP contribution in [0.4, 0.5) is 0 Å². The fraction of sp³-hybridized carbons (Fsp3) is 0.957. The molecule has 0 saturated carbocycles. The molecule has 0 aromatic heterocycles. The Kier molecular flexibility index (Phi) is 39.1. The van der Waals surface area contributed by atoms with E-state index < -0.39 is 12.2 Å². The van der Waals surface area contributed by atoms with Gasteiger partial charge in [-0.3, -0.25) is 14.5 Å². The molecule has 0 fully saturated rings. The third kappa shape index (κ3) is 35.2. The molecular formula is C46H91NO7. The normalized spacial score (nSPS) is 13.9. The summed E-state index contributed by atoms with van der Waals surface area (Å²) in [6, 6.07) is 0. The quantitative estimate of drug-likeness (QED) is 0.0415. The van der Waals surface area contributed by atoms with Gasteiger partial charge in [-0.15, -0.1) is 0 Å². The molecule has 0 aliphatic rings. The third-order valence-electron chi connectivity index (χ3n) is 11.1. The van der Waals surface area contributed by atoms with Crippen LogP contribution in [0.2, 0.25) is 0 Å². The van der Waals surface area contributed by atoms with Crippen molar-refractivity contribution in [2.24, 2.45) is 11.8 Å². The topological polar surface area (TPSA) is 117 Å². The van der Waals surface area contributed by atoms with Crippen molar-refractivity contribution in [1.29, 1.82) is 0 Å². The second-order valence-electron chi connectivity index (χ2n) is 16.4. The molecule has 0 spiro atoms. The predicted molar refractivity (Wildman–Crippen MR) is 226 cm³/mol. The lowest BCUT2D eigenvalue weighted by Gasteiger charge is -2.26. The Morgan fingerprint density at radius 3 is 1.17 bits per heavy atom. The van der Waals surface area contributed by atoms with Gasteiger partial charge in [-0.05, 0) is 50.4 Å². The number of ether oxygens (including phenoxy) is 2. The van der Waals surface area contributed by atoms with E-state index in [1.807, 2.05) is 4.90 Å². The van der Waals surface area contributed by atoms with E-state index in [-0.39, 0.29) is 18.5 Å². The highest BCUT2D eigenvalue weighted by molar-refractivity contribution is 5.69. The number of unbranched alkanes of at least 4 members (excludes halogenated alkanes) is 14. The number of hydrogen-bond donors (Lipinski definition) is 3. The average molecular weight is 770 g/mol. The van der Waals surface area contributed by atoms with Gasteiger partial charge in [0, 0.05) is 32.5 Å². The molecule has 0 aliphatic heterocycles. The van der Waals surface area contributed by atoms with Crippen LogP contribution in [0.5, 0.6) is 0 Å². The Bertz CT molecular complexity index is 750. The molecule has 8 nitrogen and oxygen atoms in total. The summed E-state index contributed by atoms with van der Waals surface area (Å²) in [6.07, 6.45) is 30.8. The minimum Gasteiger partial charge on any atom is -0.466 e. The molecule has 0 aromatic rings. The fourth-order valence-corrected chi connectivity index (χ4v) is 7.60. The standard InChI is InChI=1S/C46H91NO7/c1-5-9-13-15-19-27-41(25-17-11-7-3)33-37-53-45(51)31-23-21-29-43(49)39-47(35-36-48)40-44(50)30-22-24-32-46(52)54-38-34-42(26-18-12-8-4)28-20-16-14-10-6-2/h41-44,48-50H,5-40H2,1-4H3. The van der Waals surface area contributed by atoms with Crippen molar-refractivity contribution in [3.8, 4) is 0 Å². The van der Waals surface area contributed by atoms with Crippen LogP contribution >= 0.6 is 0 Å². The van der Waals surface area contributed by atoms with Crippen LogP contribution in [-0.4, -0.2) is 83.8 Å². The van der Waals surface area contributed by atoms with Gasteiger partial charge in [0.25, 0.3) is 0 Å². The summed E-state index contributed by atoms with van der Waals surface area (Å²) < 4.78 is 11.2. The van der Waals surface area contributed by atoms with Gasteiger partial charge in [0.2, 0.25) is 0 Å². The number of aliphatic hydroxyl groups is 3. The van der Waals surface area contributed by atoms with Crippen LogP contribution in [0.1, 0.15) is 220 Å². The van der Waals surface area contributed by atoms with Crippen LogP contribution in [-0.2, 0) is 19.1 Å². The van der Waals surface area contributed by atoms with Crippen LogP contribution in [0.3, 0.4) is 0 Å². The van der Waals surface area contributed by atoms with Crippen molar-refractivity contribution in [1.82, 2.24) is 4.90 Å². The van der Waals surface area contributed by atoms with Gasteiger partial charge in [-0.1, -0.05) is 169 Å². The Morgan fingerprint density at radius 1 is 0.463 bits per heavy atom. The van der Waals surface area contributed by atoms with Crippen molar-refractivity contribution in [2.75, 3.05) is 39.5 Å². The molecule has 4 unspecified atom stereocenters. The third-order valence-corrected chi connectivity index (χ3v) is 11.1. The van der Waals surface area contributed by atoms with Crippen LogP contribution in [0, 0.1) is 11.8 Å². The van der Waals surface area contributed by atoms with E-state index in [4.69, 9.17) is 9.47 Å². The first-order valence-electron chi connectivity index (χ1n) is 23.3. The summed E-state index contributed by atoms with van der Waals surface area (Å²) in [7, 11) is 0. The van der Waals surface area contributed by atoms with Gasteiger partial charge in [0.15, 0.2) is 0 Å². The lowest BCUT2D eigenvalue weighted by Crippen LogP contribution is -2.39. The molecule has 8 heteroatoms. The highest BCUT2D eigenvalue weighted by atomic mass is 16.5. The van der Waals surface area contributed by atoms with E-state index in [2.05, 4.69) is 27.7 Å². The number of esters is 2. The molecule has 3 N–H and O–H groups in total. The molecule has 54 heavy (non-hydrogen) atoms. The van der Waals surface area contributed by atoms with E-state index >= 15 is 0 Å². The van der Waals surface area contributed by atoms with Gasteiger partial charge in [-0.25, -0.2) is 0 Å². The lowest BCUT2D eigenvalue weighted by molar-refractivity contribution is -0.145. The van der Waals surface area contributed by atoms with Gasteiger partial charge in [-0.2, -0.15) is 0 Å². The Morgan fingerprint density at radius 2 is 0.796 bits per heavy atom.